The number of amides is 1. The van der Waals surface area contributed by atoms with Gasteiger partial charge in [-0.15, -0.1) is 0 Å². The smallest absolute Gasteiger partial charge is 0.410 e. The number of benzene rings is 3. The molecule has 4 aromatic rings. The summed E-state index contributed by atoms with van der Waals surface area (Å²) in [6.45, 7) is 2.23. The molecule has 0 bridgehead atoms. The molecule has 9 nitrogen and oxygen atoms in total. The van der Waals surface area contributed by atoms with Crippen molar-refractivity contribution in [2.75, 3.05) is 6.54 Å². The van der Waals surface area contributed by atoms with Crippen molar-refractivity contribution in [3.63, 3.8) is 0 Å². The van der Waals surface area contributed by atoms with Crippen LogP contribution >= 0.6 is 0 Å². The Bertz CT molecular complexity index is 1460. The van der Waals surface area contributed by atoms with E-state index in [1.54, 1.807) is 4.57 Å². The van der Waals surface area contributed by atoms with Crippen molar-refractivity contribution in [1.82, 2.24) is 14.5 Å². The highest BCUT2D eigenvalue weighted by Gasteiger charge is 2.29. The zero-order valence-electron chi connectivity index (χ0n) is 20.1. The summed E-state index contributed by atoms with van der Waals surface area (Å²) in [4.78, 5) is 43.4. The van der Waals surface area contributed by atoms with Crippen molar-refractivity contribution in [3.05, 3.63) is 134 Å². The summed E-state index contributed by atoms with van der Waals surface area (Å²) in [7, 11) is 0. The van der Waals surface area contributed by atoms with E-state index in [4.69, 9.17) is 9.72 Å². The second-order valence-corrected chi connectivity index (χ2v) is 8.77. The molecule has 0 radical (unpaired) electrons. The Balaban J connectivity index is 1.47. The van der Waals surface area contributed by atoms with Crippen LogP contribution < -0.4 is 10.3 Å². The van der Waals surface area contributed by atoms with E-state index in [1.807, 2.05) is 67.6 Å². The molecule has 186 valence electrons. The van der Waals surface area contributed by atoms with E-state index in [9.17, 15) is 19.7 Å². The van der Waals surface area contributed by atoms with Gasteiger partial charge in [-0.1, -0.05) is 60.7 Å². The van der Waals surface area contributed by atoms with Gasteiger partial charge in [-0.05, 0) is 30.2 Å². The topological polar surface area (TPSA) is 108 Å². The number of carbonyl (C=O) groups is 1. The summed E-state index contributed by atoms with van der Waals surface area (Å²) in [5.41, 5.74) is 2.73. The second kappa shape index (κ2) is 10.1. The number of nitro benzene ring substituents is 1. The summed E-state index contributed by atoms with van der Waals surface area (Å²) in [6, 6.07) is 24.5. The summed E-state index contributed by atoms with van der Waals surface area (Å²) in [6.07, 6.45) is -0.211. The molecular formula is C28H24N4O5. The Labute approximate surface area is 212 Å². The minimum absolute atomic E-state index is 0.0591. The molecule has 0 saturated heterocycles. The van der Waals surface area contributed by atoms with Crippen LogP contribution in [0.2, 0.25) is 0 Å². The summed E-state index contributed by atoms with van der Waals surface area (Å²) in [5.74, 6) is 0.789. The molecule has 1 aliphatic heterocycles. The number of hydrogen-bond donors (Lipinski definition) is 0. The van der Waals surface area contributed by atoms with Crippen molar-refractivity contribution < 1.29 is 14.5 Å². The van der Waals surface area contributed by atoms with Crippen LogP contribution in [0.15, 0.2) is 89.7 Å². The summed E-state index contributed by atoms with van der Waals surface area (Å²) < 4.78 is 7.11. The third kappa shape index (κ3) is 4.84. The van der Waals surface area contributed by atoms with E-state index < -0.39 is 11.0 Å². The SMILES string of the molecule is Cc1nc2c(c(=O)n1C(c1ccccc1)c1ccccc1)CN(C(=O)Oc1ccc([N+](=O)[O-])cc1)CC2. The Hall–Kier alpha value is -4.79. The van der Waals surface area contributed by atoms with Crippen molar-refractivity contribution in [2.45, 2.75) is 25.9 Å². The quantitative estimate of drug-likeness (QED) is 0.294. The fraction of sp³-hybridized carbons (Fsp3) is 0.179. The van der Waals surface area contributed by atoms with E-state index >= 15 is 0 Å². The third-order valence-electron chi connectivity index (χ3n) is 6.44. The van der Waals surface area contributed by atoms with Gasteiger partial charge in [0.25, 0.3) is 11.2 Å². The molecule has 9 heteroatoms. The number of rotatable bonds is 5. The molecule has 1 aromatic heterocycles. The van der Waals surface area contributed by atoms with Crippen molar-refractivity contribution >= 4 is 11.8 Å². The van der Waals surface area contributed by atoms with E-state index in [1.165, 1.54) is 29.2 Å². The van der Waals surface area contributed by atoms with Gasteiger partial charge in [0, 0.05) is 25.1 Å². The molecular weight excluding hydrogens is 472 g/mol. The maximum atomic E-state index is 13.9. The van der Waals surface area contributed by atoms with E-state index in [-0.39, 0.29) is 29.6 Å². The molecule has 5 rings (SSSR count). The van der Waals surface area contributed by atoms with Gasteiger partial charge in [-0.2, -0.15) is 0 Å². The lowest BCUT2D eigenvalue weighted by atomic mass is 9.97. The predicted octanol–water partition coefficient (Wildman–Crippen LogP) is 4.65. The van der Waals surface area contributed by atoms with Gasteiger partial charge in [-0.25, -0.2) is 9.78 Å². The highest BCUT2D eigenvalue weighted by atomic mass is 16.6. The average Bonchev–Trinajstić information content (AvgIpc) is 2.92. The monoisotopic (exact) mass is 496 g/mol. The lowest BCUT2D eigenvalue weighted by molar-refractivity contribution is -0.384. The number of hydrogen-bond acceptors (Lipinski definition) is 6. The second-order valence-electron chi connectivity index (χ2n) is 8.77. The number of ether oxygens (including phenoxy) is 1. The Morgan fingerprint density at radius 2 is 1.57 bits per heavy atom. The van der Waals surface area contributed by atoms with Crippen molar-refractivity contribution in [1.29, 1.82) is 0 Å². The fourth-order valence-electron chi connectivity index (χ4n) is 4.63. The molecule has 0 saturated carbocycles. The number of aryl methyl sites for hydroxylation is 1. The summed E-state index contributed by atoms with van der Waals surface area (Å²) in [5, 5.41) is 10.9. The molecule has 0 unspecified atom stereocenters. The molecule has 0 atom stereocenters. The van der Waals surface area contributed by atoms with Crippen molar-refractivity contribution in [2.24, 2.45) is 0 Å². The maximum absolute atomic E-state index is 13.9. The van der Waals surface area contributed by atoms with E-state index in [0.717, 1.165) is 11.1 Å². The molecule has 3 aromatic carbocycles. The van der Waals surface area contributed by atoms with Crippen molar-refractivity contribution in [3.8, 4) is 5.75 Å². The minimum Gasteiger partial charge on any atom is -0.410 e. The van der Waals surface area contributed by atoms with Crippen LogP contribution in [0.3, 0.4) is 0 Å². The zero-order valence-corrected chi connectivity index (χ0v) is 20.1. The molecule has 37 heavy (non-hydrogen) atoms. The normalized spacial score (nSPS) is 12.8. The zero-order chi connectivity index (χ0) is 25.9. The van der Waals surface area contributed by atoms with Gasteiger partial charge >= 0.3 is 6.09 Å². The number of non-ortho nitro benzene ring substituents is 1. The lowest BCUT2D eigenvalue weighted by Crippen LogP contribution is -2.43. The first kappa shape index (κ1) is 23.9. The standard InChI is InChI=1S/C28H24N4O5/c1-19-29-25-16-17-30(28(34)37-23-14-12-22(13-15-23)32(35)36)18-24(25)27(33)31(19)26(20-8-4-2-5-9-20)21-10-6-3-7-11-21/h2-15,26H,16-18H2,1H3. The van der Waals surface area contributed by atoms with Gasteiger partial charge < -0.3 is 9.64 Å². The number of nitro groups is 1. The van der Waals surface area contributed by atoms with Gasteiger partial charge in [-0.3, -0.25) is 19.5 Å². The van der Waals surface area contributed by atoms with Crippen LogP contribution in [-0.2, 0) is 13.0 Å². The van der Waals surface area contributed by atoms with Crippen LogP contribution in [0.5, 0.6) is 5.75 Å². The Morgan fingerprint density at radius 1 is 0.973 bits per heavy atom. The average molecular weight is 497 g/mol. The third-order valence-corrected chi connectivity index (χ3v) is 6.44. The number of fused-ring (bicyclic) bond motifs is 1. The predicted molar refractivity (Wildman–Crippen MR) is 137 cm³/mol. The Kier molecular flexibility index (Phi) is 6.51. The van der Waals surface area contributed by atoms with Gasteiger partial charge in [0.05, 0.1) is 28.8 Å². The first-order chi connectivity index (χ1) is 17.9. The van der Waals surface area contributed by atoms with Gasteiger partial charge in [0.15, 0.2) is 0 Å². The van der Waals surface area contributed by atoms with Crippen LogP contribution in [0.25, 0.3) is 0 Å². The molecule has 1 amide bonds. The molecule has 1 aliphatic rings. The lowest BCUT2D eigenvalue weighted by Gasteiger charge is -2.30. The van der Waals surface area contributed by atoms with E-state index in [2.05, 4.69) is 0 Å². The van der Waals surface area contributed by atoms with Crippen LogP contribution in [0.4, 0.5) is 10.5 Å². The maximum Gasteiger partial charge on any atom is 0.415 e. The van der Waals surface area contributed by atoms with Gasteiger partial charge in [0.2, 0.25) is 0 Å². The van der Waals surface area contributed by atoms with E-state index in [0.29, 0.717) is 30.0 Å². The fourth-order valence-corrected chi connectivity index (χ4v) is 4.63. The summed E-state index contributed by atoms with van der Waals surface area (Å²) >= 11 is 0. The first-order valence-corrected chi connectivity index (χ1v) is 11.8. The molecule has 0 spiro atoms. The molecule has 0 fully saturated rings. The molecule has 0 aliphatic carbocycles. The largest absolute Gasteiger partial charge is 0.415 e. The minimum atomic E-state index is -0.631. The highest BCUT2D eigenvalue weighted by Crippen LogP contribution is 2.28. The highest BCUT2D eigenvalue weighted by molar-refractivity contribution is 5.71. The van der Waals surface area contributed by atoms with Crippen LogP contribution in [0.1, 0.15) is 34.3 Å². The number of carbonyl (C=O) groups excluding carboxylic acids is 1. The van der Waals surface area contributed by atoms with Crippen LogP contribution in [-0.4, -0.2) is 32.0 Å². The van der Waals surface area contributed by atoms with Crippen LogP contribution in [0, 0.1) is 17.0 Å². The molecule has 2 heterocycles. The molecule has 0 N–H and O–H groups in total. The first-order valence-electron chi connectivity index (χ1n) is 11.8. The number of aromatic nitrogens is 2. The van der Waals surface area contributed by atoms with Gasteiger partial charge in [0.1, 0.15) is 11.6 Å². The Morgan fingerprint density at radius 3 is 2.14 bits per heavy atom. The number of nitrogens with zero attached hydrogens (tertiary/aromatic N) is 4.